The molecular weight excluding hydrogens is 262 g/mol. The summed E-state index contributed by atoms with van der Waals surface area (Å²) >= 11 is 0. The van der Waals surface area contributed by atoms with E-state index < -0.39 is 10.2 Å². The van der Waals surface area contributed by atoms with E-state index >= 15 is 0 Å². The number of piperidine rings is 1. The molecule has 2 rings (SSSR count). The monoisotopic (exact) mass is 283 g/mol. The van der Waals surface area contributed by atoms with Crippen LogP contribution in [0, 0.1) is 0 Å². The number of nitrogens with zero attached hydrogens (tertiary/aromatic N) is 2. The Hall–Kier alpha value is 0.120. The first-order chi connectivity index (χ1) is 7.62. The Morgan fingerprint density at radius 1 is 1.24 bits per heavy atom. The van der Waals surface area contributed by atoms with Crippen LogP contribution in [0.4, 0.5) is 0 Å². The summed E-state index contributed by atoms with van der Waals surface area (Å²) in [7, 11) is -1.51. The van der Waals surface area contributed by atoms with Gasteiger partial charge in [-0.2, -0.15) is 17.0 Å². The molecule has 0 aromatic rings. The van der Waals surface area contributed by atoms with Gasteiger partial charge in [0.15, 0.2) is 0 Å². The standard InChI is InChI=1S/C10H21N3O2S.ClH/c1-12(10-5-6-11-9-10)16(14,15)13-7-3-2-4-8-13;/h10-11H,2-9H2,1H3;1H. The highest BCUT2D eigenvalue weighted by Gasteiger charge is 2.33. The Morgan fingerprint density at radius 3 is 2.41 bits per heavy atom. The maximum Gasteiger partial charge on any atom is 0.282 e. The van der Waals surface area contributed by atoms with Crippen molar-refractivity contribution >= 4 is 22.6 Å². The molecule has 2 saturated heterocycles. The summed E-state index contributed by atoms with van der Waals surface area (Å²) in [5.74, 6) is 0. The fraction of sp³-hybridized carbons (Fsp3) is 1.00. The molecular formula is C10H22ClN3O2S. The van der Waals surface area contributed by atoms with Crippen LogP contribution in [0.15, 0.2) is 0 Å². The third-order valence-electron chi connectivity index (χ3n) is 3.55. The fourth-order valence-electron chi connectivity index (χ4n) is 2.42. The molecule has 1 unspecified atom stereocenters. The van der Waals surface area contributed by atoms with Crippen molar-refractivity contribution in [2.45, 2.75) is 31.7 Å². The van der Waals surface area contributed by atoms with Crippen LogP contribution in [0.1, 0.15) is 25.7 Å². The number of halogens is 1. The number of rotatable bonds is 3. The molecule has 1 N–H and O–H groups in total. The van der Waals surface area contributed by atoms with Gasteiger partial charge in [-0.15, -0.1) is 12.4 Å². The average molecular weight is 284 g/mol. The van der Waals surface area contributed by atoms with E-state index in [1.807, 2.05) is 0 Å². The summed E-state index contributed by atoms with van der Waals surface area (Å²) in [5.41, 5.74) is 0. The minimum absolute atomic E-state index is 0. The Morgan fingerprint density at radius 2 is 1.88 bits per heavy atom. The first kappa shape index (κ1) is 15.2. The van der Waals surface area contributed by atoms with Crippen LogP contribution in [0.25, 0.3) is 0 Å². The van der Waals surface area contributed by atoms with Crippen LogP contribution in [-0.4, -0.2) is 56.3 Å². The molecule has 102 valence electrons. The smallest absolute Gasteiger partial charge is 0.282 e. The molecule has 0 aromatic heterocycles. The Kier molecular flexibility index (Phi) is 5.66. The Labute approximate surface area is 110 Å². The van der Waals surface area contributed by atoms with E-state index in [-0.39, 0.29) is 18.4 Å². The maximum atomic E-state index is 12.3. The molecule has 0 aromatic carbocycles. The van der Waals surface area contributed by atoms with Crippen LogP contribution < -0.4 is 5.32 Å². The molecule has 1 atom stereocenters. The summed E-state index contributed by atoms with van der Waals surface area (Å²) in [6.45, 7) is 3.08. The number of nitrogens with one attached hydrogen (secondary N) is 1. The van der Waals surface area contributed by atoms with Crippen LogP contribution in [0.5, 0.6) is 0 Å². The van der Waals surface area contributed by atoms with E-state index in [9.17, 15) is 8.42 Å². The molecule has 7 heteroatoms. The lowest BCUT2D eigenvalue weighted by Gasteiger charge is -2.32. The van der Waals surface area contributed by atoms with E-state index in [0.717, 1.165) is 38.8 Å². The van der Waals surface area contributed by atoms with Gasteiger partial charge in [0.25, 0.3) is 10.2 Å². The summed E-state index contributed by atoms with van der Waals surface area (Å²) in [6, 6.07) is 0.131. The van der Waals surface area contributed by atoms with Gasteiger partial charge in [0, 0.05) is 32.7 Å². The Balaban J connectivity index is 0.00000144. The van der Waals surface area contributed by atoms with Gasteiger partial charge >= 0.3 is 0 Å². The molecule has 2 aliphatic heterocycles. The van der Waals surface area contributed by atoms with E-state index in [4.69, 9.17) is 0 Å². The Bertz CT molecular complexity index is 324. The zero-order chi connectivity index (χ0) is 11.6. The minimum Gasteiger partial charge on any atom is -0.315 e. The van der Waals surface area contributed by atoms with Gasteiger partial charge in [-0.05, 0) is 25.8 Å². The van der Waals surface area contributed by atoms with Gasteiger partial charge in [-0.3, -0.25) is 0 Å². The largest absolute Gasteiger partial charge is 0.315 e. The molecule has 0 amide bonds. The maximum absolute atomic E-state index is 12.3. The second-order valence-corrected chi connectivity index (χ2v) is 6.62. The molecule has 0 bridgehead atoms. The second kappa shape index (κ2) is 6.33. The van der Waals surface area contributed by atoms with E-state index in [0.29, 0.717) is 13.1 Å². The lowest BCUT2D eigenvalue weighted by atomic mass is 10.2. The van der Waals surface area contributed by atoms with Crippen LogP contribution >= 0.6 is 12.4 Å². The van der Waals surface area contributed by atoms with Gasteiger partial charge < -0.3 is 5.32 Å². The molecule has 17 heavy (non-hydrogen) atoms. The first-order valence-electron chi connectivity index (χ1n) is 6.06. The average Bonchev–Trinajstić information content (AvgIpc) is 2.82. The molecule has 0 spiro atoms. The lowest BCUT2D eigenvalue weighted by Crippen LogP contribution is -2.48. The van der Waals surface area contributed by atoms with Crippen molar-refractivity contribution in [2.75, 3.05) is 33.2 Å². The topological polar surface area (TPSA) is 52.7 Å². The van der Waals surface area contributed by atoms with Crippen molar-refractivity contribution in [1.29, 1.82) is 0 Å². The number of likely N-dealkylation sites (N-methyl/N-ethyl adjacent to an activating group) is 1. The van der Waals surface area contributed by atoms with Crippen molar-refractivity contribution < 1.29 is 8.42 Å². The summed E-state index contributed by atoms with van der Waals surface area (Å²) < 4.78 is 27.8. The molecule has 2 aliphatic rings. The van der Waals surface area contributed by atoms with E-state index in [2.05, 4.69) is 5.32 Å². The van der Waals surface area contributed by atoms with E-state index in [1.54, 1.807) is 15.7 Å². The minimum atomic E-state index is -3.22. The van der Waals surface area contributed by atoms with Gasteiger partial charge in [-0.1, -0.05) is 6.42 Å². The molecule has 0 aliphatic carbocycles. The van der Waals surface area contributed by atoms with Crippen LogP contribution in [-0.2, 0) is 10.2 Å². The molecule has 2 fully saturated rings. The third kappa shape index (κ3) is 3.32. The van der Waals surface area contributed by atoms with Crippen molar-refractivity contribution in [3.8, 4) is 0 Å². The van der Waals surface area contributed by atoms with E-state index in [1.165, 1.54) is 0 Å². The zero-order valence-corrected chi connectivity index (χ0v) is 11.9. The quantitative estimate of drug-likeness (QED) is 0.817. The predicted molar refractivity (Wildman–Crippen MR) is 70.6 cm³/mol. The van der Waals surface area contributed by atoms with Crippen molar-refractivity contribution in [3.05, 3.63) is 0 Å². The SMILES string of the molecule is CN(C1CCNC1)S(=O)(=O)N1CCCCC1.Cl. The van der Waals surface area contributed by atoms with Gasteiger partial charge in [0.05, 0.1) is 0 Å². The van der Waals surface area contributed by atoms with Crippen molar-refractivity contribution in [1.82, 2.24) is 13.9 Å². The highest BCUT2D eigenvalue weighted by Crippen LogP contribution is 2.19. The zero-order valence-electron chi connectivity index (χ0n) is 10.3. The van der Waals surface area contributed by atoms with Crippen LogP contribution in [0.2, 0.25) is 0 Å². The van der Waals surface area contributed by atoms with Gasteiger partial charge in [0.2, 0.25) is 0 Å². The van der Waals surface area contributed by atoms with Crippen molar-refractivity contribution in [3.63, 3.8) is 0 Å². The number of hydrogen-bond donors (Lipinski definition) is 1. The summed E-state index contributed by atoms with van der Waals surface area (Å²) in [6.07, 6.45) is 4.07. The van der Waals surface area contributed by atoms with Crippen molar-refractivity contribution in [2.24, 2.45) is 0 Å². The molecule has 0 saturated carbocycles. The summed E-state index contributed by atoms with van der Waals surface area (Å²) in [5, 5.41) is 3.20. The highest BCUT2D eigenvalue weighted by atomic mass is 35.5. The van der Waals surface area contributed by atoms with Gasteiger partial charge in [-0.25, -0.2) is 0 Å². The number of hydrogen-bond acceptors (Lipinski definition) is 3. The molecule has 5 nitrogen and oxygen atoms in total. The third-order valence-corrected chi connectivity index (χ3v) is 5.60. The normalized spacial score (nSPS) is 27.1. The summed E-state index contributed by atoms with van der Waals surface area (Å²) in [4.78, 5) is 0. The predicted octanol–water partition coefficient (Wildman–Crippen LogP) is 0.433. The van der Waals surface area contributed by atoms with Gasteiger partial charge in [0.1, 0.15) is 0 Å². The van der Waals surface area contributed by atoms with Crippen LogP contribution in [0.3, 0.4) is 0 Å². The second-order valence-electron chi connectivity index (χ2n) is 4.63. The fourth-order valence-corrected chi connectivity index (χ4v) is 4.06. The molecule has 0 radical (unpaired) electrons. The highest BCUT2D eigenvalue weighted by molar-refractivity contribution is 7.86. The molecule has 2 heterocycles. The lowest BCUT2D eigenvalue weighted by molar-refractivity contribution is 0.295. The first-order valence-corrected chi connectivity index (χ1v) is 7.46.